The first kappa shape index (κ1) is 7.98. The van der Waals surface area contributed by atoms with Gasteiger partial charge in [-0.15, -0.1) is 0 Å². The highest BCUT2D eigenvalue weighted by atomic mass is 16.5. The number of ether oxygens (including phenoxy) is 1. The lowest BCUT2D eigenvalue weighted by atomic mass is 10.2. The van der Waals surface area contributed by atoms with Crippen LogP contribution in [0.1, 0.15) is 13.3 Å². The highest BCUT2D eigenvalue weighted by molar-refractivity contribution is 4.79. The summed E-state index contributed by atoms with van der Waals surface area (Å²) in [4.78, 5) is 2.13. The van der Waals surface area contributed by atoms with Gasteiger partial charge >= 0.3 is 0 Å². The van der Waals surface area contributed by atoms with Crippen LogP contribution in [-0.4, -0.2) is 42.5 Å². The minimum absolute atomic E-state index is 0.148. The van der Waals surface area contributed by atoms with Crippen molar-refractivity contribution in [3.63, 3.8) is 0 Å². The van der Waals surface area contributed by atoms with E-state index in [0.29, 0.717) is 12.8 Å². The topological polar surface area (TPSA) is 32.7 Å². The van der Waals surface area contributed by atoms with Crippen molar-refractivity contribution in [2.24, 2.45) is 0 Å². The van der Waals surface area contributed by atoms with E-state index in [2.05, 4.69) is 11.8 Å². The summed E-state index contributed by atoms with van der Waals surface area (Å²) in [5.74, 6) is 0. The van der Waals surface area contributed by atoms with Crippen LogP contribution < -0.4 is 0 Å². The summed E-state index contributed by atoms with van der Waals surface area (Å²) in [7, 11) is 1.68. The fraction of sp³-hybridized carbons (Fsp3) is 1.00. The van der Waals surface area contributed by atoms with E-state index in [4.69, 9.17) is 4.74 Å². The first-order valence-corrected chi connectivity index (χ1v) is 3.65. The van der Waals surface area contributed by atoms with Crippen LogP contribution in [0.25, 0.3) is 0 Å². The van der Waals surface area contributed by atoms with E-state index in [0.717, 1.165) is 13.0 Å². The number of β-amino-alcohol motifs (C(OH)–C–C–N with tert-alkyl or cyclic N) is 1. The van der Waals surface area contributed by atoms with E-state index < -0.39 is 0 Å². The standard InChI is InChI=1S/C7H15NO2/c1-6-3-7(9)4-8(6)5-10-2/h6-7,9H,3-5H2,1-2H3. The number of nitrogens with zero attached hydrogens (tertiary/aromatic N) is 1. The summed E-state index contributed by atoms with van der Waals surface area (Å²) in [6.07, 6.45) is 0.730. The van der Waals surface area contributed by atoms with E-state index in [1.807, 2.05) is 0 Å². The fourth-order valence-corrected chi connectivity index (χ4v) is 1.41. The average Bonchev–Trinajstić information content (AvgIpc) is 2.13. The van der Waals surface area contributed by atoms with Crippen LogP contribution in [0, 0.1) is 0 Å². The summed E-state index contributed by atoms with van der Waals surface area (Å²) >= 11 is 0. The van der Waals surface area contributed by atoms with Crippen LogP contribution in [0.4, 0.5) is 0 Å². The highest BCUT2D eigenvalue weighted by Gasteiger charge is 2.26. The zero-order chi connectivity index (χ0) is 7.56. The van der Waals surface area contributed by atoms with Crippen LogP contribution in [0.2, 0.25) is 0 Å². The van der Waals surface area contributed by atoms with Gasteiger partial charge in [0, 0.05) is 19.7 Å². The quantitative estimate of drug-likeness (QED) is 0.595. The molecule has 0 bridgehead atoms. The minimum Gasteiger partial charge on any atom is -0.392 e. The van der Waals surface area contributed by atoms with Crippen molar-refractivity contribution in [2.75, 3.05) is 20.4 Å². The van der Waals surface area contributed by atoms with Crippen molar-refractivity contribution in [2.45, 2.75) is 25.5 Å². The fourth-order valence-electron chi connectivity index (χ4n) is 1.41. The molecule has 1 aliphatic rings. The van der Waals surface area contributed by atoms with Gasteiger partial charge in [0.05, 0.1) is 12.8 Å². The molecule has 0 aromatic heterocycles. The number of likely N-dealkylation sites (tertiary alicyclic amines) is 1. The van der Waals surface area contributed by atoms with Gasteiger partial charge in [0.25, 0.3) is 0 Å². The maximum atomic E-state index is 9.20. The predicted molar refractivity (Wildman–Crippen MR) is 38.7 cm³/mol. The average molecular weight is 145 g/mol. The second-order valence-corrected chi connectivity index (χ2v) is 2.93. The first-order chi connectivity index (χ1) is 4.74. The summed E-state index contributed by atoms with van der Waals surface area (Å²) in [5, 5.41) is 9.20. The van der Waals surface area contributed by atoms with Crippen LogP contribution >= 0.6 is 0 Å². The second kappa shape index (κ2) is 3.32. The van der Waals surface area contributed by atoms with Crippen molar-refractivity contribution in [1.29, 1.82) is 0 Å². The zero-order valence-electron chi connectivity index (χ0n) is 6.58. The summed E-state index contributed by atoms with van der Waals surface area (Å²) in [6, 6.07) is 0.468. The molecule has 0 aromatic carbocycles. The SMILES string of the molecule is COCN1CC(O)CC1C. The van der Waals surface area contributed by atoms with Crippen LogP contribution in [-0.2, 0) is 4.74 Å². The Kier molecular flexibility index (Phi) is 2.65. The van der Waals surface area contributed by atoms with Gasteiger partial charge in [0.2, 0.25) is 0 Å². The van der Waals surface area contributed by atoms with Gasteiger partial charge in [-0.25, -0.2) is 0 Å². The lowest BCUT2D eigenvalue weighted by Gasteiger charge is -2.18. The molecule has 1 N–H and O–H groups in total. The van der Waals surface area contributed by atoms with Gasteiger partial charge in [-0.05, 0) is 13.3 Å². The number of methoxy groups -OCH3 is 1. The molecule has 1 aliphatic heterocycles. The molecule has 0 saturated carbocycles. The van der Waals surface area contributed by atoms with E-state index in [9.17, 15) is 5.11 Å². The van der Waals surface area contributed by atoms with Crippen LogP contribution in [0.3, 0.4) is 0 Å². The molecule has 0 spiro atoms. The Morgan fingerprint density at radius 1 is 1.70 bits per heavy atom. The monoisotopic (exact) mass is 145 g/mol. The lowest BCUT2D eigenvalue weighted by Crippen LogP contribution is -2.29. The third-order valence-corrected chi connectivity index (χ3v) is 1.98. The summed E-state index contributed by atoms with van der Waals surface area (Å²) in [5.41, 5.74) is 0. The smallest absolute Gasteiger partial charge is 0.0989 e. The minimum atomic E-state index is -0.148. The number of rotatable bonds is 2. The number of hydrogen-bond acceptors (Lipinski definition) is 3. The van der Waals surface area contributed by atoms with Crippen molar-refractivity contribution in [1.82, 2.24) is 4.90 Å². The number of hydrogen-bond donors (Lipinski definition) is 1. The Balaban J connectivity index is 2.31. The molecule has 1 saturated heterocycles. The Hall–Kier alpha value is -0.120. The molecule has 2 atom stereocenters. The van der Waals surface area contributed by atoms with Gasteiger partial charge in [-0.1, -0.05) is 0 Å². The maximum absolute atomic E-state index is 9.20. The third-order valence-electron chi connectivity index (χ3n) is 1.98. The molecule has 1 fully saturated rings. The van der Waals surface area contributed by atoms with Crippen molar-refractivity contribution >= 4 is 0 Å². The molecule has 0 amide bonds. The highest BCUT2D eigenvalue weighted by Crippen LogP contribution is 2.15. The van der Waals surface area contributed by atoms with E-state index in [1.54, 1.807) is 7.11 Å². The Bertz CT molecular complexity index is 108. The number of aliphatic hydroxyl groups excluding tert-OH is 1. The van der Waals surface area contributed by atoms with Crippen LogP contribution in [0.5, 0.6) is 0 Å². The van der Waals surface area contributed by atoms with Gasteiger partial charge < -0.3 is 9.84 Å². The Morgan fingerprint density at radius 2 is 2.40 bits per heavy atom. The van der Waals surface area contributed by atoms with Gasteiger partial charge in [0.15, 0.2) is 0 Å². The second-order valence-electron chi connectivity index (χ2n) is 2.93. The molecular formula is C7H15NO2. The summed E-state index contributed by atoms with van der Waals surface area (Å²) in [6.45, 7) is 3.50. The van der Waals surface area contributed by atoms with Gasteiger partial charge in [-0.3, -0.25) is 4.90 Å². The largest absolute Gasteiger partial charge is 0.392 e. The zero-order valence-corrected chi connectivity index (χ0v) is 6.58. The third kappa shape index (κ3) is 1.68. The maximum Gasteiger partial charge on any atom is 0.0989 e. The Morgan fingerprint density at radius 3 is 2.80 bits per heavy atom. The van der Waals surface area contributed by atoms with Crippen molar-refractivity contribution < 1.29 is 9.84 Å². The van der Waals surface area contributed by atoms with Gasteiger partial charge in [-0.2, -0.15) is 0 Å². The van der Waals surface area contributed by atoms with E-state index in [-0.39, 0.29) is 6.10 Å². The van der Waals surface area contributed by atoms with E-state index >= 15 is 0 Å². The molecule has 0 aromatic rings. The molecule has 10 heavy (non-hydrogen) atoms. The van der Waals surface area contributed by atoms with E-state index in [1.165, 1.54) is 0 Å². The molecule has 1 heterocycles. The molecule has 3 nitrogen and oxygen atoms in total. The molecule has 3 heteroatoms. The molecule has 0 radical (unpaired) electrons. The van der Waals surface area contributed by atoms with Crippen LogP contribution in [0.15, 0.2) is 0 Å². The molecule has 2 unspecified atom stereocenters. The molecular weight excluding hydrogens is 130 g/mol. The predicted octanol–water partition coefficient (Wildman–Crippen LogP) is 0.0454. The normalized spacial score (nSPS) is 35.1. The van der Waals surface area contributed by atoms with Gasteiger partial charge in [0.1, 0.15) is 0 Å². The Labute approximate surface area is 61.6 Å². The van der Waals surface area contributed by atoms with Crippen molar-refractivity contribution in [3.8, 4) is 0 Å². The first-order valence-electron chi connectivity index (χ1n) is 3.65. The lowest BCUT2D eigenvalue weighted by molar-refractivity contribution is 0.0521. The number of aliphatic hydroxyl groups is 1. The molecule has 1 rings (SSSR count). The summed E-state index contributed by atoms with van der Waals surface area (Å²) < 4.78 is 4.96. The molecule has 0 aliphatic carbocycles. The van der Waals surface area contributed by atoms with Crippen molar-refractivity contribution in [3.05, 3.63) is 0 Å². The molecule has 60 valence electrons.